The van der Waals surface area contributed by atoms with Crippen LogP contribution < -0.4 is 15.9 Å². The number of nitrogens with zero attached hydrogens (tertiary/aromatic N) is 1. The van der Waals surface area contributed by atoms with Gasteiger partial charge < -0.3 is 10.5 Å². The molecule has 22 heavy (non-hydrogen) atoms. The molecule has 4 nitrogen and oxygen atoms in total. The zero-order chi connectivity index (χ0) is 15.9. The molecule has 114 valence electrons. The van der Waals surface area contributed by atoms with E-state index in [4.69, 9.17) is 22.1 Å². The van der Waals surface area contributed by atoms with Crippen molar-refractivity contribution < 1.29 is 9.13 Å². The summed E-state index contributed by atoms with van der Waals surface area (Å²) < 4.78 is 18.6. The Kier molecular flexibility index (Phi) is 5.68. The average Bonchev–Trinajstić information content (AvgIpc) is 2.47. The van der Waals surface area contributed by atoms with Crippen LogP contribution in [0.4, 0.5) is 4.39 Å². The predicted molar refractivity (Wildman–Crippen MR) is 89.7 cm³/mol. The van der Waals surface area contributed by atoms with Gasteiger partial charge in [-0.15, -0.1) is 0 Å². The van der Waals surface area contributed by atoms with Gasteiger partial charge in [-0.1, -0.05) is 17.7 Å². The standard InChI is InChI=1S/C15H13ClFN3OS/c16-14-7-12(17)4-3-11(14)9-21-13-5-1-10(2-6-13)8-19-20-15(18)22/h1-8H,9H2,(H3,18,20,22). The van der Waals surface area contributed by atoms with Crippen LogP contribution in [0.5, 0.6) is 5.75 Å². The number of benzene rings is 2. The molecule has 2 aromatic carbocycles. The van der Waals surface area contributed by atoms with E-state index < -0.39 is 0 Å². The van der Waals surface area contributed by atoms with Crippen molar-refractivity contribution in [3.63, 3.8) is 0 Å². The molecule has 2 rings (SSSR count). The Hall–Kier alpha value is -2.18. The maximum atomic E-state index is 12.9. The number of hydrogen-bond donors (Lipinski definition) is 2. The first kappa shape index (κ1) is 16.2. The van der Waals surface area contributed by atoms with E-state index in [0.717, 1.165) is 11.1 Å². The van der Waals surface area contributed by atoms with Gasteiger partial charge in [-0.2, -0.15) is 5.10 Å². The summed E-state index contributed by atoms with van der Waals surface area (Å²) in [5, 5.41) is 4.29. The van der Waals surface area contributed by atoms with Crippen LogP contribution in [0.2, 0.25) is 5.02 Å². The molecule has 2 aromatic rings. The first-order valence-corrected chi connectivity index (χ1v) is 7.08. The summed E-state index contributed by atoms with van der Waals surface area (Å²) in [6.07, 6.45) is 1.58. The van der Waals surface area contributed by atoms with Crippen LogP contribution in [0, 0.1) is 5.82 Å². The summed E-state index contributed by atoms with van der Waals surface area (Å²) in [7, 11) is 0. The van der Waals surface area contributed by atoms with Crippen molar-refractivity contribution in [3.8, 4) is 5.75 Å². The van der Waals surface area contributed by atoms with E-state index in [-0.39, 0.29) is 17.5 Å². The molecule has 0 aliphatic carbocycles. The number of nitrogens with one attached hydrogen (secondary N) is 1. The molecule has 0 saturated heterocycles. The lowest BCUT2D eigenvalue weighted by molar-refractivity contribution is 0.306. The smallest absolute Gasteiger partial charge is 0.184 e. The van der Waals surface area contributed by atoms with Gasteiger partial charge in [0.25, 0.3) is 0 Å². The van der Waals surface area contributed by atoms with Gasteiger partial charge in [0, 0.05) is 5.56 Å². The van der Waals surface area contributed by atoms with Crippen molar-refractivity contribution in [2.45, 2.75) is 6.61 Å². The normalized spacial score (nSPS) is 10.6. The number of nitrogens with two attached hydrogens (primary N) is 1. The summed E-state index contributed by atoms with van der Waals surface area (Å²) in [5.41, 5.74) is 9.29. The Labute approximate surface area is 137 Å². The molecule has 0 radical (unpaired) electrons. The van der Waals surface area contributed by atoms with Crippen molar-refractivity contribution >= 4 is 35.1 Å². The van der Waals surface area contributed by atoms with Crippen LogP contribution in [0.25, 0.3) is 0 Å². The predicted octanol–water partition coefficient (Wildman–Crippen LogP) is 3.23. The molecule has 0 unspecified atom stereocenters. The van der Waals surface area contributed by atoms with Crippen LogP contribution in [0.1, 0.15) is 11.1 Å². The Morgan fingerprint density at radius 2 is 2.05 bits per heavy atom. The van der Waals surface area contributed by atoms with Gasteiger partial charge in [0.2, 0.25) is 0 Å². The zero-order valence-corrected chi connectivity index (χ0v) is 13.0. The fourth-order valence-electron chi connectivity index (χ4n) is 1.62. The number of ether oxygens (including phenoxy) is 1. The van der Waals surface area contributed by atoms with Crippen LogP contribution >= 0.6 is 23.8 Å². The van der Waals surface area contributed by atoms with Crippen molar-refractivity contribution in [1.82, 2.24) is 5.43 Å². The van der Waals surface area contributed by atoms with Gasteiger partial charge >= 0.3 is 0 Å². The Morgan fingerprint density at radius 3 is 2.68 bits per heavy atom. The van der Waals surface area contributed by atoms with Crippen LogP contribution in [-0.2, 0) is 6.61 Å². The van der Waals surface area contributed by atoms with Crippen LogP contribution in [0.3, 0.4) is 0 Å². The van der Waals surface area contributed by atoms with Gasteiger partial charge in [-0.3, -0.25) is 5.43 Å². The first-order valence-electron chi connectivity index (χ1n) is 6.30. The van der Waals surface area contributed by atoms with Crippen LogP contribution in [0.15, 0.2) is 47.6 Å². The molecule has 3 N–H and O–H groups in total. The SMILES string of the molecule is NC(=S)NN=Cc1ccc(OCc2ccc(F)cc2Cl)cc1. The van der Waals surface area contributed by atoms with Crippen molar-refractivity contribution in [2.24, 2.45) is 10.8 Å². The van der Waals surface area contributed by atoms with Crippen molar-refractivity contribution in [2.75, 3.05) is 0 Å². The van der Waals surface area contributed by atoms with Gasteiger partial charge in [0.1, 0.15) is 18.2 Å². The number of thiocarbonyl (C=S) groups is 1. The van der Waals surface area contributed by atoms with Gasteiger partial charge in [0.15, 0.2) is 5.11 Å². The lowest BCUT2D eigenvalue weighted by Crippen LogP contribution is -2.23. The minimum Gasteiger partial charge on any atom is -0.489 e. The molecule has 0 aromatic heterocycles. The van der Waals surface area contributed by atoms with Gasteiger partial charge in [-0.25, -0.2) is 4.39 Å². The highest BCUT2D eigenvalue weighted by Gasteiger charge is 2.03. The lowest BCUT2D eigenvalue weighted by Gasteiger charge is -2.08. The summed E-state index contributed by atoms with van der Waals surface area (Å²) in [5.74, 6) is 0.294. The molecule has 0 aliphatic heterocycles. The first-order chi connectivity index (χ1) is 10.5. The quantitative estimate of drug-likeness (QED) is 0.499. The fraction of sp³-hybridized carbons (Fsp3) is 0.0667. The molecule has 0 amide bonds. The highest BCUT2D eigenvalue weighted by molar-refractivity contribution is 7.80. The van der Waals surface area contributed by atoms with Crippen molar-refractivity contribution in [1.29, 1.82) is 0 Å². The number of rotatable bonds is 5. The second-order valence-corrected chi connectivity index (χ2v) is 5.17. The van der Waals surface area contributed by atoms with E-state index in [1.165, 1.54) is 12.1 Å². The minimum atomic E-state index is -0.372. The van der Waals surface area contributed by atoms with Gasteiger partial charge in [-0.05, 0) is 54.2 Å². The maximum Gasteiger partial charge on any atom is 0.184 e. The maximum absolute atomic E-state index is 12.9. The fourth-order valence-corrected chi connectivity index (χ4v) is 1.89. The van der Waals surface area contributed by atoms with E-state index >= 15 is 0 Å². The molecule has 0 atom stereocenters. The molecule has 7 heteroatoms. The van der Waals surface area contributed by atoms with Crippen LogP contribution in [-0.4, -0.2) is 11.3 Å². The lowest BCUT2D eigenvalue weighted by atomic mass is 10.2. The largest absolute Gasteiger partial charge is 0.489 e. The molecule has 0 fully saturated rings. The second-order valence-electron chi connectivity index (χ2n) is 4.33. The monoisotopic (exact) mass is 337 g/mol. The van der Waals surface area contributed by atoms with E-state index in [1.54, 1.807) is 24.4 Å². The third kappa shape index (κ3) is 4.98. The minimum absolute atomic E-state index is 0.104. The summed E-state index contributed by atoms with van der Waals surface area (Å²) in [6.45, 7) is 0.259. The highest BCUT2D eigenvalue weighted by atomic mass is 35.5. The third-order valence-corrected chi connectivity index (χ3v) is 3.12. The molecule has 0 saturated carbocycles. The molecule has 0 spiro atoms. The van der Waals surface area contributed by atoms with E-state index in [2.05, 4.69) is 22.7 Å². The molecular weight excluding hydrogens is 325 g/mol. The Balaban J connectivity index is 1.93. The Morgan fingerprint density at radius 1 is 1.32 bits per heavy atom. The summed E-state index contributed by atoms with van der Waals surface area (Å²) >= 11 is 10.6. The third-order valence-electron chi connectivity index (χ3n) is 2.68. The molecule has 0 heterocycles. The molecular formula is C15H13ClFN3OS. The molecule has 0 aliphatic rings. The number of hydrazone groups is 1. The zero-order valence-electron chi connectivity index (χ0n) is 11.4. The van der Waals surface area contributed by atoms with E-state index in [1.807, 2.05) is 12.1 Å². The number of halogens is 2. The highest BCUT2D eigenvalue weighted by Crippen LogP contribution is 2.20. The Bertz CT molecular complexity index is 692. The topological polar surface area (TPSA) is 59.6 Å². The van der Waals surface area contributed by atoms with Gasteiger partial charge in [0.05, 0.1) is 11.2 Å². The summed E-state index contributed by atoms with van der Waals surface area (Å²) in [4.78, 5) is 0. The second kappa shape index (κ2) is 7.72. The molecule has 0 bridgehead atoms. The summed E-state index contributed by atoms with van der Waals surface area (Å²) in [6, 6.07) is 11.4. The van der Waals surface area contributed by atoms with Crippen molar-refractivity contribution in [3.05, 3.63) is 64.4 Å². The number of hydrogen-bond acceptors (Lipinski definition) is 3. The van der Waals surface area contributed by atoms with E-state index in [0.29, 0.717) is 10.8 Å². The average molecular weight is 338 g/mol. The van der Waals surface area contributed by atoms with E-state index in [9.17, 15) is 4.39 Å².